The average Bonchev–Trinajstić information content (AvgIpc) is 2.56. The van der Waals surface area contributed by atoms with Crippen molar-refractivity contribution >= 4 is 5.91 Å². The number of hydrogen-bond acceptors (Lipinski definition) is 5. The predicted molar refractivity (Wildman–Crippen MR) is 82.2 cm³/mol. The van der Waals surface area contributed by atoms with Crippen molar-refractivity contribution in [2.75, 3.05) is 20.3 Å². The van der Waals surface area contributed by atoms with Crippen LogP contribution in [-0.2, 0) is 6.42 Å². The molecule has 6 nitrogen and oxygen atoms in total. The maximum atomic E-state index is 12.0. The first kappa shape index (κ1) is 15.8. The van der Waals surface area contributed by atoms with Crippen LogP contribution in [0.1, 0.15) is 23.0 Å². The molecule has 1 aromatic carbocycles. The van der Waals surface area contributed by atoms with E-state index in [0.717, 1.165) is 11.3 Å². The largest absolute Gasteiger partial charge is 0.496 e. The fourth-order valence-electron chi connectivity index (χ4n) is 1.98. The fourth-order valence-corrected chi connectivity index (χ4v) is 1.98. The second-order valence-electron chi connectivity index (χ2n) is 4.51. The van der Waals surface area contributed by atoms with E-state index in [0.29, 0.717) is 25.5 Å². The van der Waals surface area contributed by atoms with Crippen LogP contribution in [0, 0.1) is 0 Å². The van der Waals surface area contributed by atoms with Gasteiger partial charge >= 0.3 is 0 Å². The van der Waals surface area contributed by atoms with E-state index in [2.05, 4.69) is 15.5 Å². The van der Waals surface area contributed by atoms with Gasteiger partial charge in [-0.25, -0.2) is 0 Å². The molecular formula is C16H19N3O3. The number of benzene rings is 1. The molecule has 0 radical (unpaired) electrons. The molecule has 1 amide bonds. The van der Waals surface area contributed by atoms with Crippen molar-refractivity contribution < 1.29 is 14.3 Å². The number of aromatic nitrogens is 2. The van der Waals surface area contributed by atoms with Gasteiger partial charge in [-0.3, -0.25) is 4.79 Å². The van der Waals surface area contributed by atoms with Gasteiger partial charge in [-0.1, -0.05) is 18.2 Å². The van der Waals surface area contributed by atoms with Crippen LogP contribution in [0.5, 0.6) is 11.6 Å². The Morgan fingerprint density at radius 3 is 2.68 bits per heavy atom. The number of nitrogens with zero attached hydrogens (tertiary/aromatic N) is 2. The van der Waals surface area contributed by atoms with Crippen LogP contribution in [0.25, 0.3) is 0 Å². The predicted octanol–water partition coefficient (Wildman–Crippen LogP) is 1.86. The molecule has 2 rings (SSSR count). The quantitative estimate of drug-likeness (QED) is 0.845. The average molecular weight is 301 g/mol. The van der Waals surface area contributed by atoms with Crippen LogP contribution in [0.15, 0.2) is 36.4 Å². The Morgan fingerprint density at radius 1 is 1.18 bits per heavy atom. The minimum atomic E-state index is -0.259. The Morgan fingerprint density at radius 2 is 2.00 bits per heavy atom. The first-order valence-electron chi connectivity index (χ1n) is 7.11. The Labute approximate surface area is 129 Å². The van der Waals surface area contributed by atoms with Crippen LogP contribution < -0.4 is 14.8 Å². The van der Waals surface area contributed by atoms with Gasteiger partial charge in [0.2, 0.25) is 5.88 Å². The van der Waals surface area contributed by atoms with E-state index < -0.39 is 0 Å². The molecule has 1 N–H and O–H groups in total. The summed E-state index contributed by atoms with van der Waals surface area (Å²) in [6.07, 6.45) is 0.681. The van der Waals surface area contributed by atoms with Crippen molar-refractivity contribution in [1.29, 1.82) is 0 Å². The summed E-state index contributed by atoms with van der Waals surface area (Å²) in [7, 11) is 1.63. The standard InChI is InChI=1S/C16H19N3O3/c1-3-22-15-9-8-13(18-19-15)16(20)17-11-10-12-6-4-5-7-14(12)21-2/h4-9H,3,10-11H2,1-2H3,(H,17,20). The van der Waals surface area contributed by atoms with E-state index in [1.165, 1.54) is 0 Å². The number of carbonyl (C=O) groups excluding carboxylic acids is 1. The Bertz CT molecular complexity index is 614. The topological polar surface area (TPSA) is 73.3 Å². The van der Waals surface area contributed by atoms with E-state index in [4.69, 9.17) is 9.47 Å². The Kier molecular flexibility index (Phi) is 5.71. The monoisotopic (exact) mass is 301 g/mol. The lowest BCUT2D eigenvalue weighted by Gasteiger charge is -2.09. The van der Waals surface area contributed by atoms with Crippen LogP contribution in [0.2, 0.25) is 0 Å². The van der Waals surface area contributed by atoms with Crippen molar-refractivity contribution in [3.05, 3.63) is 47.7 Å². The lowest BCUT2D eigenvalue weighted by Crippen LogP contribution is -2.26. The van der Waals surface area contributed by atoms with Gasteiger partial charge in [0.05, 0.1) is 13.7 Å². The summed E-state index contributed by atoms with van der Waals surface area (Å²) in [6, 6.07) is 11.0. The Balaban J connectivity index is 1.87. The number of ether oxygens (including phenoxy) is 2. The first-order chi connectivity index (χ1) is 10.7. The van der Waals surface area contributed by atoms with Gasteiger partial charge in [0.15, 0.2) is 5.69 Å². The van der Waals surface area contributed by atoms with Gasteiger partial charge in [-0.05, 0) is 31.0 Å². The molecule has 22 heavy (non-hydrogen) atoms. The van der Waals surface area contributed by atoms with E-state index in [1.54, 1.807) is 19.2 Å². The van der Waals surface area contributed by atoms with Gasteiger partial charge < -0.3 is 14.8 Å². The van der Waals surface area contributed by atoms with Gasteiger partial charge in [-0.2, -0.15) is 0 Å². The fraction of sp³-hybridized carbons (Fsp3) is 0.312. The third-order valence-electron chi connectivity index (χ3n) is 3.04. The number of amides is 1. The molecular weight excluding hydrogens is 282 g/mol. The first-order valence-corrected chi connectivity index (χ1v) is 7.11. The lowest BCUT2D eigenvalue weighted by molar-refractivity contribution is 0.0948. The van der Waals surface area contributed by atoms with E-state index in [9.17, 15) is 4.79 Å². The van der Waals surface area contributed by atoms with Crippen molar-refractivity contribution in [3.63, 3.8) is 0 Å². The van der Waals surface area contributed by atoms with E-state index in [1.807, 2.05) is 31.2 Å². The van der Waals surface area contributed by atoms with Crippen LogP contribution >= 0.6 is 0 Å². The number of nitrogens with one attached hydrogen (secondary N) is 1. The van der Waals surface area contributed by atoms with Crippen molar-refractivity contribution in [1.82, 2.24) is 15.5 Å². The number of hydrogen-bond donors (Lipinski definition) is 1. The number of carbonyl (C=O) groups is 1. The smallest absolute Gasteiger partial charge is 0.271 e. The van der Waals surface area contributed by atoms with Crippen molar-refractivity contribution in [3.8, 4) is 11.6 Å². The zero-order valence-electron chi connectivity index (χ0n) is 12.7. The van der Waals surface area contributed by atoms with Gasteiger partial charge in [-0.15, -0.1) is 10.2 Å². The molecule has 0 aliphatic heterocycles. The summed E-state index contributed by atoms with van der Waals surface area (Å²) in [6.45, 7) is 2.87. The van der Waals surface area contributed by atoms with Gasteiger partial charge in [0.1, 0.15) is 5.75 Å². The zero-order chi connectivity index (χ0) is 15.8. The minimum Gasteiger partial charge on any atom is -0.496 e. The van der Waals surface area contributed by atoms with Gasteiger partial charge in [0.25, 0.3) is 5.91 Å². The maximum Gasteiger partial charge on any atom is 0.271 e. The second kappa shape index (κ2) is 7.97. The molecule has 0 saturated carbocycles. The molecule has 0 bridgehead atoms. The molecule has 0 aliphatic rings. The molecule has 0 atom stereocenters. The summed E-state index contributed by atoms with van der Waals surface area (Å²) in [5.41, 5.74) is 1.31. The van der Waals surface area contributed by atoms with E-state index in [-0.39, 0.29) is 11.6 Å². The molecule has 0 saturated heterocycles. The van der Waals surface area contributed by atoms with Crippen molar-refractivity contribution in [2.45, 2.75) is 13.3 Å². The number of para-hydroxylation sites is 1. The van der Waals surface area contributed by atoms with Crippen LogP contribution in [0.3, 0.4) is 0 Å². The highest BCUT2D eigenvalue weighted by Crippen LogP contribution is 2.17. The molecule has 0 spiro atoms. The lowest BCUT2D eigenvalue weighted by atomic mass is 10.1. The van der Waals surface area contributed by atoms with Crippen LogP contribution in [0.4, 0.5) is 0 Å². The third-order valence-corrected chi connectivity index (χ3v) is 3.04. The summed E-state index contributed by atoms with van der Waals surface area (Å²) >= 11 is 0. The molecule has 2 aromatic rings. The summed E-state index contributed by atoms with van der Waals surface area (Å²) in [5.74, 6) is 0.969. The Hall–Kier alpha value is -2.63. The molecule has 1 heterocycles. The number of methoxy groups -OCH3 is 1. The maximum absolute atomic E-state index is 12.0. The molecule has 116 valence electrons. The SMILES string of the molecule is CCOc1ccc(C(=O)NCCc2ccccc2OC)nn1. The summed E-state index contributed by atoms with van der Waals surface area (Å²) in [4.78, 5) is 12.0. The van der Waals surface area contributed by atoms with Crippen molar-refractivity contribution in [2.24, 2.45) is 0 Å². The molecule has 1 aromatic heterocycles. The molecule has 6 heteroatoms. The highest BCUT2D eigenvalue weighted by atomic mass is 16.5. The molecule has 0 aliphatic carbocycles. The van der Waals surface area contributed by atoms with Gasteiger partial charge in [0, 0.05) is 12.6 Å². The normalized spacial score (nSPS) is 10.1. The molecule has 0 fully saturated rings. The third kappa shape index (κ3) is 4.18. The number of rotatable bonds is 7. The summed E-state index contributed by atoms with van der Waals surface area (Å²) in [5, 5.41) is 10.5. The summed E-state index contributed by atoms with van der Waals surface area (Å²) < 4.78 is 10.5. The minimum absolute atomic E-state index is 0.259. The zero-order valence-corrected chi connectivity index (χ0v) is 12.7. The second-order valence-corrected chi connectivity index (χ2v) is 4.51. The highest BCUT2D eigenvalue weighted by molar-refractivity contribution is 5.92. The van der Waals surface area contributed by atoms with Crippen LogP contribution in [-0.4, -0.2) is 36.4 Å². The molecule has 0 unspecified atom stereocenters. The van der Waals surface area contributed by atoms with E-state index >= 15 is 0 Å². The highest BCUT2D eigenvalue weighted by Gasteiger charge is 2.09.